The molecule has 0 spiro atoms. The largest absolute Gasteiger partial charge is 0.490 e. The molecular formula is C21H18N2O2. The van der Waals surface area contributed by atoms with E-state index in [1.165, 1.54) is 5.39 Å². The monoisotopic (exact) mass is 330 g/mol. The Morgan fingerprint density at radius 1 is 1.04 bits per heavy atom. The highest BCUT2D eigenvalue weighted by molar-refractivity contribution is 5.95. The first-order valence-corrected chi connectivity index (χ1v) is 7.92. The summed E-state index contributed by atoms with van der Waals surface area (Å²) >= 11 is 0. The standard InChI is InChI=1S/C21H18N2O2/c1-2-13-25-20-11-9-18(10-12-20)21(24)23-22-15-16-7-8-17-5-3-4-6-19(17)14-16/h2-12,14-15H,1,13H2,(H,23,24)/b22-15-. The molecule has 0 aliphatic rings. The van der Waals surface area contributed by atoms with Crippen molar-refractivity contribution in [2.75, 3.05) is 6.61 Å². The zero-order valence-electron chi connectivity index (χ0n) is 13.7. The van der Waals surface area contributed by atoms with Gasteiger partial charge in [-0.25, -0.2) is 5.43 Å². The van der Waals surface area contributed by atoms with Crippen molar-refractivity contribution in [3.63, 3.8) is 0 Å². The van der Waals surface area contributed by atoms with Crippen LogP contribution in [0, 0.1) is 0 Å². The van der Waals surface area contributed by atoms with E-state index in [2.05, 4.69) is 23.2 Å². The van der Waals surface area contributed by atoms with Gasteiger partial charge >= 0.3 is 0 Å². The van der Waals surface area contributed by atoms with Gasteiger partial charge in [0.05, 0.1) is 6.21 Å². The van der Waals surface area contributed by atoms with Crippen molar-refractivity contribution in [1.29, 1.82) is 0 Å². The molecule has 0 fully saturated rings. The number of nitrogens with one attached hydrogen (secondary N) is 1. The van der Waals surface area contributed by atoms with Gasteiger partial charge in [-0.05, 0) is 46.7 Å². The number of benzene rings is 3. The molecule has 4 heteroatoms. The smallest absolute Gasteiger partial charge is 0.271 e. The zero-order valence-corrected chi connectivity index (χ0v) is 13.7. The molecule has 25 heavy (non-hydrogen) atoms. The van der Waals surface area contributed by atoms with Crippen molar-refractivity contribution in [3.8, 4) is 5.75 Å². The molecular weight excluding hydrogens is 312 g/mol. The third-order valence-electron chi connectivity index (χ3n) is 3.64. The van der Waals surface area contributed by atoms with Gasteiger partial charge in [0, 0.05) is 5.56 Å². The van der Waals surface area contributed by atoms with E-state index >= 15 is 0 Å². The molecule has 0 aliphatic carbocycles. The fraction of sp³-hybridized carbons (Fsp3) is 0.0476. The molecule has 0 unspecified atom stereocenters. The summed E-state index contributed by atoms with van der Waals surface area (Å²) in [5, 5.41) is 6.33. The summed E-state index contributed by atoms with van der Waals surface area (Å²) in [6.07, 6.45) is 3.30. The molecule has 3 rings (SSSR count). The summed E-state index contributed by atoms with van der Waals surface area (Å²) in [7, 11) is 0. The summed E-state index contributed by atoms with van der Waals surface area (Å²) in [5.41, 5.74) is 3.97. The highest BCUT2D eigenvalue weighted by Crippen LogP contribution is 2.14. The number of amides is 1. The second-order valence-corrected chi connectivity index (χ2v) is 5.43. The Bertz CT molecular complexity index is 915. The van der Waals surface area contributed by atoms with Crippen LogP contribution in [0.5, 0.6) is 5.75 Å². The second-order valence-electron chi connectivity index (χ2n) is 5.43. The van der Waals surface area contributed by atoms with Crippen molar-refractivity contribution in [3.05, 3.63) is 90.5 Å². The maximum Gasteiger partial charge on any atom is 0.271 e. The lowest BCUT2D eigenvalue weighted by Gasteiger charge is -2.04. The van der Waals surface area contributed by atoms with Crippen LogP contribution in [0.1, 0.15) is 15.9 Å². The van der Waals surface area contributed by atoms with Crippen molar-refractivity contribution < 1.29 is 9.53 Å². The Balaban J connectivity index is 1.62. The number of carbonyl (C=O) groups is 1. The Kier molecular flexibility index (Phi) is 5.22. The quantitative estimate of drug-likeness (QED) is 0.419. The van der Waals surface area contributed by atoms with E-state index in [1.807, 2.05) is 36.4 Å². The minimum absolute atomic E-state index is 0.271. The topological polar surface area (TPSA) is 50.7 Å². The maximum absolute atomic E-state index is 12.1. The molecule has 3 aromatic rings. The Morgan fingerprint density at radius 2 is 1.80 bits per heavy atom. The molecule has 1 N–H and O–H groups in total. The van der Waals surface area contributed by atoms with E-state index < -0.39 is 0 Å². The number of rotatable bonds is 6. The van der Waals surface area contributed by atoms with Crippen LogP contribution in [0.4, 0.5) is 0 Å². The normalized spacial score (nSPS) is 10.7. The number of ether oxygens (including phenoxy) is 1. The average Bonchev–Trinajstić information content (AvgIpc) is 2.66. The Hall–Kier alpha value is -3.40. The number of carbonyl (C=O) groups excluding carboxylic acids is 1. The highest BCUT2D eigenvalue weighted by atomic mass is 16.5. The van der Waals surface area contributed by atoms with E-state index in [-0.39, 0.29) is 5.91 Å². The van der Waals surface area contributed by atoms with Gasteiger partial charge in [0.25, 0.3) is 5.91 Å². The zero-order chi connectivity index (χ0) is 17.5. The molecule has 0 aliphatic heterocycles. The average molecular weight is 330 g/mol. The first-order chi connectivity index (χ1) is 12.3. The number of hydrogen-bond acceptors (Lipinski definition) is 3. The van der Waals surface area contributed by atoms with Crippen LogP contribution < -0.4 is 10.2 Å². The molecule has 4 nitrogen and oxygen atoms in total. The lowest BCUT2D eigenvalue weighted by molar-refractivity contribution is 0.0955. The molecule has 3 aromatic carbocycles. The Labute approximate surface area is 146 Å². The predicted octanol–water partition coefficient (Wildman–Crippen LogP) is 4.17. The van der Waals surface area contributed by atoms with E-state index in [4.69, 9.17) is 4.74 Å². The van der Waals surface area contributed by atoms with Crippen LogP contribution in [0.15, 0.2) is 84.5 Å². The lowest BCUT2D eigenvalue weighted by atomic mass is 10.1. The van der Waals surface area contributed by atoms with Crippen LogP contribution in [-0.2, 0) is 0 Å². The fourth-order valence-electron chi connectivity index (χ4n) is 2.38. The van der Waals surface area contributed by atoms with Gasteiger partial charge in [-0.1, -0.05) is 49.1 Å². The number of fused-ring (bicyclic) bond motifs is 1. The molecule has 0 saturated carbocycles. The van der Waals surface area contributed by atoms with Crippen LogP contribution in [0.3, 0.4) is 0 Å². The van der Waals surface area contributed by atoms with Crippen molar-refractivity contribution in [2.45, 2.75) is 0 Å². The third-order valence-corrected chi connectivity index (χ3v) is 3.64. The molecule has 1 amide bonds. The minimum atomic E-state index is -0.271. The van der Waals surface area contributed by atoms with Gasteiger partial charge in [0.2, 0.25) is 0 Å². The summed E-state index contributed by atoms with van der Waals surface area (Å²) in [5.74, 6) is 0.420. The lowest BCUT2D eigenvalue weighted by Crippen LogP contribution is -2.17. The van der Waals surface area contributed by atoms with Crippen LogP contribution in [0.25, 0.3) is 10.8 Å². The summed E-state index contributed by atoms with van der Waals surface area (Å²) in [6, 6.07) is 21.0. The van der Waals surface area contributed by atoms with Crippen LogP contribution in [0.2, 0.25) is 0 Å². The number of hydrazone groups is 1. The molecule has 0 bridgehead atoms. The first kappa shape index (κ1) is 16.5. The molecule has 0 atom stereocenters. The molecule has 0 radical (unpaired) electrons. The second kappa shape index (κ2) is 7.93. The van der Waals surface area contributed by atoms with E-state index in [9.17, 15) is 4.79 Å². The van der Waals surface area contributed by atoms with E-state index in [1.54, 1.807) is 36.6 Å². The number of nitrogens with zero attached hydrogens (tertiary/aromatic N) is 1. The molecule has 124 valence electrons. The summed E-state index contributed by atoms with van der Waals surface area (Å²) in [6.45, 7) is 4.02. The van der Waals surface area contributed by atoms with E-state index in [0.29, 0.717) is 17.9 Å². The van der Waals surface area contributed by atoms with Crippen LogP contribution >= 0.6 is 0 Å². The summed E-state index contributed by atoms with van der Waals surface area (Å²) < 4.78 is 5.38. The number of hydrogen-bond donors (Lipinski definition) is 1. The van der Waals surface area contributed by atoms with E-state index in [0.717, 1.165) is 10.9 Å². The van der Waals surface area contributed by atoms with Crippen molar-refractivity contribution in [2.24, 2.45) is 5.10 Å². The van der Waals surface area contributed by atoms with Gasteiger partial charge < -0.3 is 4.74 Å². The van der Waals surface area contributed by atoms with Gasteiger partial charge in [-0.3, -0.25) is 4.79 Å². The van der Waals surface area contributed by atoms with Gasteiger partial charge in [0.15, 0.2) is 0 Å². The Morgan fingerprint density at radius 3 is 2.56 bits per heavy atom. The summed E-state index contributed by atoms with van der Waals surface area (Å²) in [4.78, 5) is 12.1. The SMILES string of the molecule is C=CCOc1ccc(C(=O)N/N=C\c2ccc3ccccc3c2)cc1. The molecule has 0 aromatic heterocycles. The highest BCUT2D eigenvalue weighted by Gasteiger charge is 2.04. The van der Waals surface area contributed by atoms with Crippen LogP contribution in [-0.4, -0.2) is 18.7 Å². The first-order valence-electron chi connectivity index (χ1n) is 7.92. The fourth-order valence-corrected chi connectivity index (χ4v) is 2.38. The van der Waals surface area contributed by atoms with Gasteiger partial charge in [-0.2, -0.15) is 5.10 Å². The van der Waals surface area contributed by atoms with Crippen molar-refractivity contribution >= 4 is 22.9 Å². The minimum Gasteiger partial charge on any atom is -0.490 e. The van der Waals surface area contributed by atoms with Gasteiger partial charge in [0.1, 0.15) is 12.4 Å². The maximum atomic E-state index is 12.1. The van der Waals surface area contributed by atoms with Crippen molar-refractivity contribution in [1.82, 2.24) is 5.43 Å². The van der Waals surface area contributed by atoms with Gasteiger partial charge in [-0.15, -0.1) is 0 Å². The molecule has 0 heterocycles. The molecule has 0 saturated heterocycles. The predicted molar refractivity (Wildman–Crippen MR) is 101 cm³/mol. The third kappa shape index (κ3) is 4.32.